The molecular formula is C52H62N2O. The van der Waals surface area contributed by atoms with Crippen molar-refractivity contribution in [2.75, 3.05) is 16.9 Å². The van der Waals surface area contributed by atoms with Crippen LogP contribution in [0.25, 0.3) is 11.1 Å². The van der Waals surface area contributed by atoms with Gasteiger partial charge in [-0.25, -0.2) is 0 Å². The molecule has 0 spiro atoms. The molecule has 0 heterocycles. The number of hydrogen-bond donors (Lipinski definition) is 0. The third-order valence-electron chi connectivity index (χ3n) is 8.81. The molecule has 3 nitrogen and oxygen atoms in total. The normalized spacial score (nSPS) is 12.5. The Bertz CT molecular complexity index is 1920. The van der Waals surface area contributed by atoms with Gasteiger partial charge in [0.1, 0.15) is 0 Å². The summed E-state index contributed by atoms with van der Waals surface area (Å²) >= 11 is 0. The van der Waals surface area contributed by atoms with Crippen molar-refractivity contribution in [2.24, 2.45) is 0 Å². The van der Waals surface area contributed by atoms with Crippen LogP contribution in [0.5, 0.6) is 0 Å². The minimum atomic E-state index is 0.199. The molecule has 0 fully saturated rings. The molecule has 0 saturated carbocycles. The van der Waals surface area contributed by atoms with Gasteiger partial charge in [0.15, 0.2) is 0 Å². The Morgan fingerprint density at radius 3 is 1.75 bits per heavy atom. The number of ether oxygens (including phenoxy) is 1. The standard InChI is InChI=1S/C43H44N2.C5H10O.C2H6.C2H2/c1-6-8-16-35-22-21-34(5)43(32-23-35)45(42(15-7-2)33(3)4)41-30-28-40(29-31-41)44(38-19-13-10-14-20-38)39-26-24-37(25-27-39)36-17-11-9-12-18-36;1-4-5(2)6-3;2*1-2/h6-15,17-31H,16,32H2,1-5H3;4-5H,1H2,2-3H3;1-2H3;1-2H/b8-6-,15-7-;;;. The zero-order chi connectivity index (χ0) is 40.6. The lowest BCUT2D eigenvalue weighted by atomic mass is 10.0. The molecule has 4 aromatic rings. The monoisotopic (exact) mass is 730 g/mol. The van der Waals surface area contributed by atoms with Crippen LogP contribution in [0.15, 0.2) is 192 Å². The van der Waals surface area contributed by atoms with Crippen molar-refractivity contribution in [3.05, 3.63) is 192 Å². The van der Waals surface area contributed by atoms with E-state index in [0.717, 1.165) is 35.6 Å². The molecule has 0 radical (unpaired) electrons. The van der Waals surface area contributed by atoms with Gasteiger partial charge in [-0.15, -0.1) is 19.4 Å². The first-order valence-corrected chi connectivity index (χ1v) is 19.2. The molecule has 0 saturated heterocycles. The maximum absolute atomic E-state index is 4.78. The number of hydrogen-bond acceptors (Lipinski definition) is 3. The summed E-state index contributed by atoms with van der Waals surface area (Å²) in [5, 5.41) is 0. The predicted octanol–water partition coefficient (Wildman–Crippen LogP) is 15.1. The van der Waals surface area contributed by atoms with Gasteiger partial charge >= 0.3 is 0 Å². The Hall–Kier alpha value is -5.82. The third kappa shape index (κ3) is 13.5. The van der Waals surface area contributed by atoms with Crippen molar-refractivity contribution < 1.29 is 4.74 Å². The van der Waals surface area contributed by atoms with Crippen molar-refractivity contribution in [1.29, 1.82) is 0 Å². The quantitative estimate of drug-likeness (QED) is 0.0820. The second kappa shape index (κ2) is 25.2. The fourth-order valence-corrected chi connectivity index (χ4v) is 5.83. The van der Waals surface area contributed by atoms with Crippen molar-refractivity contribution in [1.82, 2.24) is 0 Å². The highest BCUT2D eigenvalue weighted by Gasteiger charge is 2.20. The molecule has 1 atom stereocenters. The highest BCUT2D eigenvalue weighted by Crippen LogP contribution is 2.38. The Morgan fingerprint density at radius 2 is 1.25 bits per heavy atom. The number of terminal acetylenes is 1. The largest absolute Gasteiger partial charge is 0.378 e. The van der Waals surface area contributed by atoms with Crippen LogP contribution in [0, 0.1) is 12.8 Å². The number of nitrogens with zero attached hydrogens (tertiary/aromatic N) is 2. The first-order valence-electron chi connectivity index (χ1n) is 19.2. The van der Waals surface area contributed by atoms with Crippen molar-refractivity contribution in [3.63, 3.8) is 0 Å². The molecule has 0 aliphatic heterocycles. The van der Waals surface area contributed by atoms with Gasteiger partial charge in [0.25, 0.3) is 0 Å². The van der Waals surface area contributed by atoms with Crippen molar-refractivity contribution >= 4 is 22.7 Å². The van der Waals surface area contributed by atoms with Crippen LogP contribution < -0.4 is 9.80 Å². The lowest BCUT2D eigenvalue weighted by Crippen LogP contribution is -2.23. The molecule has 286 valence electrons. The SMILES string of the molecule is C#C.C/C=C\CC1=CCC(N(C(/C=C\C)=C(C)C)c2ccc(N(c3ccccc3)c3ccc(-c4ccccc4)cc3)cc2)=C(C)C=C1.C=CC(C)OC.CC. The summed E-state index contributed by atoms with van der Waals surface area (Å²) in [6, 6.07) is 39.0. The molecule has 55 heavy (non-hydrogen) atoms. The zero-order valence-electron chi connectivity index (χ0n) is 34.7. The Labute approximate surface area is 334 Å². The van der Waals surface area contributed by atoms with Crippen molar-refractivity contribution in [2.45, 2.75) is 74.3 Å². The van der Waals surface area contributed by atoms with Crippen LogP contribution in [0.1, 0.15) is 68.2 Å². The highest BCUT2D eigenvalue weighted by atomic mass is 16.5. The molecule has 4 aromatic carbocycles. The lowest BCUT2D eigenvalue weighted by Gasteiger charge is -2.32. The Morgan fingerprint density at radius 1 is 0.745 bits per heavy atom. The zero-order valence-corrected chi connectivity index (χ0v) is 34.7. The van der Waals surface area contributed by atoms with Gasteiger partial charge in [0.2, 0.25) is 0 Å². The minimum Gasteiger partial charge on any atom is -0.378 e. The average Bonchev–Trinajstić information content (AvgIpc) is 3.43. The molecule has 0 N–H and O–H groups in total. The molecule has 1 aliphatic rings. The summed E-state index contributed by atoms with van der Waals surface area (Å²) in [6.07, 6.45) is 27.4. The highest BCUT2D eigenvalue weighted by molar-refractivity contribution is 5.79. The maximum atomic E-state index is 4.78. The van der Waals surface area contributed by atoms with E-state index in [4.69, 9.17) is 4.74 Å². The number of allylic oxidation sites excluding steroid dienone is 10. The molecular weight excluding hydrogens is 669 g/mol. The fourth-order valence-electron chi connectivity index (χ4n) is 5.83. The van der Waals surface area contributed by atoms with Crippen LogP contribution >= 0.6 is 0 Å². The first kappa shape index (κ1) is 45.3. The fraction of sp³-hybridized carbons (Fsp3) is 0.231. The number of methoxy groups -OCH3 is 1. The summed E-state index contributed by atoms with van der Waals surface area (Å²) < 4.78 is 4.78. The van der Waals surface area contributed by atoms with E-state index < -0.39 is 0 Å². The van der Waals surface area contributed by atoms with Crippen LogP contribution in [-0.4, -0.2) is 13.2 Å². The summed E-state index contributed by atoms with van der Waals surface area (Å²) in [7, 11) is 1.66. The van der Waals surface area contributed by atoms with Gasteiger partial charge < -0.3 is 14.5 Å². The topological polar surface area (TPSA) is 15.7 Å². The van der Waals surface area contributed by atoms with E-state index in [1.165, 1.54) is 39.2 Å². The molecule has 1 unspecified atom stereocenters. The molecule has 0 bridgehead atoms. The molecule has 5 rings (SSSR count). The second-order valence-corrected chi connectivity index (χ2v) is 12.7. The van der Waals surface area contributed by atoms with Gasteiger partial charge in [-0.05, 0) is 125 Å². The van der Waals surface area contributed by atoms with Gasteiger partial charge in [0.05, 0.1) is 6.10 Å². The molecule has 3 heteroatoms. The van der Waals surface area contributed by atoms with Crippen LogP contribution in [0.4, 0.5) is 22.7 Å². The first-order chi connectivity index (χ1) is 26.8. The van der Waals surface area contributed by atoms with Crippen LogP contribution in [-0.2, 0) is 4.74 Å². The van der Waals surface area contributed by atoms with E-state index in [-0.39, 0.29) is 6.10 Å². The summed E-state index contributed by atoms with van der Waals surface area (Å²) in [4.78, 5) is 4.77. The van der Waals surface area contributed by atoms with Crippen molar-refractivity contribution in [3.8, 4) is 24.0 Å². The second-order valence-electron chi connectivity index (χ2n) is 12.7. The molecule has 1 aliphatic carbocycles. The van der Waals surface area contributed by atoms with E-state index in [9.17, 15) is 0 Å². The smallest absolute Gasteiger partial charge is 0.0721 e. The predicted molar refractivity (Wildman–Crippen MR) is 244 cm³/mol. The number of para-hydroxylation sites is 1. The molecule has 0 aromatic heterocycles. The van der Waals surface area contributed by atoms with Gasteiger partial charge in [0, 0.05) is 47.7 Å². The summed E-state index contributed by atoms with van der Waals surface area (Å²) in [6.45, 7) is 20.2. The van der Waals surface area contributed by atoms with E-state index in [1.807, 2.05) is 20.8 Å². The maximum Gasteiger partial charge on any atom is 0.0721 e. The van der Waals surface area contributed by atoms with Gasteiger partial charge in [-0.1, -0.05) is 123 Å². The van der Waals surface area contributed by atoms with Crippen LogP contribution in [0.2, 0.25) is 0 Å². The van der Waals surface area contributed by atoms with E-state index in [2.05, 4.69) is 216 Å². The third-order valence-corrected chi connectivity index (χ3v) is 8.81. The van der Waals surface area contributed by atoms with E-state index in [0.29, 0.717) is 0 Å². The number of anilines is 4. The Kier molecular flexibility index (Phi) is 20.8. The van der Waals surface area contributed by atoms with Gasteiger partial charge in [-0.2, -0.15) is 0 Å². The summed E-state index contributed by atoms with van der Waals surface area (Å²) in [5.41, 5.74) is 13.3. The minimum absolute atomic E-state index is 0.199. The van der Waals surface area contributed by atoms with Crippen LogP contribution in [0.3, 0.4) is 0 Å². The lowest BCUT2D eigenvalue weighted by molar-refractivity contribution is 0.156. The number of benzene rings is 4. The summed E-state index contributed by atoms with van der Waals surface area (Å²) in [5.74, 6) is 0. The van der Waals surface area contributed by atoms with Gasteiger partial charge in [-0.3, -0.25) is 0 Å². The van der Waals surface area contributed by atoms with E-state index in [1.54, 1.807) is 13.2 Å². The van der Waals surface area contributed by atoms with E-state index >= 15 is 0 Å². The number of rotatable bonds is 12. The average molecular weight is 731 g/mol. The molecule has 0 amide bonds. The Balaban J connectivity index is 0.000000941.